The summed E-state index contributed by atoms with van der Waals surface area (Å²) < 4.78 is 2.45. The predicted octanol–water partition coefficient (Wildman–Crippen LogP) is 13.2. The molecule has 0 atom stereocenters. The molecule has 0 fully saturated rings. The number of fused-ring (bicyclic) bond motifs is 11. The van der Waals surface area contributed by atoms with E-state index in [1.165, 1.54) is 98.2 Å². The lowest BCUT2D eigenvalue weighted by molar-refractivity contribution is 1.18. The molecule has 0 bridgehead atoms. The molecule has 2 nitrogen and oxygen atoms in total. The lowest BCUT2D eigenvalue weighted by Crippen LogP contribution is -1.95. The van der Waals surface area contributed by atoms with Gasteiger partial charge in [-0.05, 0) is 103 Å². The number of aromatic amines is 1. The van der Waals surface area contributed by atoms with Gasteiger partial charge >= 0.3 is 0 Å². The first-order chi connectivity index (χ1) is 24.8. The van der Waals surface area contributed by atoms with Gasteiger partial charge in [-0.1, -0.05) is 127 Å². The van der Waals surface area contributed by atoms with Crippen LogP contribution in [0, 0.1) is 0 Å². The Labute approximate surface area is 288 Å². The van der Waals surface area contributed by atoms with Crippen molar-refractivity contribution in [2.24, 2.45) is 0 Å². The number of nitrogens with zero attached hydrogens (tertiary/aromatic N) is 1. The minimum atomic E-state index is 1.15. The second-order valence-corrected chi connectivity index (χ2v) is 13.4. The molecule has 2 aromatic heterocycles. The van der Waals surface area contributed by atoms with E-state index in [1.807, 2.05) is 0 Å². The van der Waals surface area contributed by atoms with Crippen LogP contribution in [0.15, 0.2) is 176 Å². The zero-order valence-electron chi connectivity index (χ0n) is 27.2. The van der Waals surface area contributed by atoms with E-state index in [0.717, 1.165) is 5.69 Å². The molecular formula is C48H30N2. The van der Waals surface area contributed by atoms with E-state index < -0.39 is 0 Å². The Morgan fingerprint density at radius 1 is 0.340 bits per heavy atom. The van der Waals surface area contributed by atoms with Crippen molar-refractivity contribution in [2.75, 3.05) is 0 Å². The molecular weight excluding hydrogens is 605 g/mol. The standard InChI is InChI=1S/C48H30N2/c1-2-12-30(13-3-1)31-22-24-33(25-23-31)50-46-21-11-9-19-39(46)48-38-18-7-6-16-36(38)42(29-47(48)50)41-26-32-27-43-37-17-8-10-20-44(37)49-45(43)28-40(32)34-14-4-5-15-35(34)41/h1-29,49H. The van der Waals surface area contributed by atoms with Crippen molar-refractivity contribution < 1.29 is 0 Å². The molecule has 0 amide bonds. The van der Waals surface area contributed by atoms with Gasteiger partial charge in [-0.2, -0.15) is 0 Å². The van der Waals surface area contributed by atoms with Gasteiger partial charge in [-0.25, -0.2) is 0 Å². The molecule has 0 unspecified atom stereocenters. The van der Waals surface area contributed by atoms with Crippen molar-refractivity contribution in [1.82, 2.24) is 9.55 Å². The van der Waals surface area contributed by atoms with Crippen LogP contribution in [0.4, 0.5) is 0 Å². The first kappa shape index (κ1) is 27.3. The summed E-state index contributed by atoms with van der Waals surface area (Å²) in [7, 11) is 0. The average molecular weight is 635 g/mol. The van der Waals surface area contributed by atoms with Gasteiger partial charge in [0.1, 0.15) is 0 Å². The van der Waals surface area contributed by atoms with Crippen LogP contribution in [0.3, 0.4) is 0 Å². The number of aromatic nitrogens is 2. The van der Waals surface area contributed by atoms with E-state index in [1.54, 1.807) is 0 Å². The fraction of sp³-hybridized carbons (Fsp3) is 0. The van der Waals surface area contributed by atoms with E-state index in [9.17, 15) is 0 Å². The highest BCUT2D eigenvalue weighted by molar-refractivity contribution is 6.27. The van der Waals surface area contributed by atoms with Crippen LogP contribution in [0.1, 0.15) is 0 Å². The Hall–Kier alpha value is -6.64. The van der Waals surface area contributed by atoms with Crippen LogP contribution in [0.25, 0.3) is 104 Å². The fourth-order valence-corrected chi connectivity index (χ4v) is 8.44. The molecule has 2 heterocycles. The van der Waals surface area contributed by atoms with Crippen molar-refractivity contribution in [3.8, 4) is 27.9 Å². The lowest BCUT2D eigenvalue weighted by Gasteiger charge is -2.16. The molecule has 232 valence electrons. The minimum Gasteiger partial charge on any atom is -0.354 e. The lowest BCUT2D eigenvalue weighted by atomic mass is 9.89. The summed E-state index contributed by atoms with van der Waals surface area (Å²) >= 11 is 0. The minimum absolute atomic E-state index is 1.15. The maximum absolute atomic E-state index is 3.67. The van der Waals surface area contributed by atoms with E-state index in [4.69, 9.17) is 0 Å². The van der Waals surface area contributed by atoms with Gasteiger partial charge in [0.05, 0.1) is 11.0 Å². The van der Waals surface area contributed by atoms with E-state index in [2.05, 4.69) is 185 Å². The topological polar surface area (TPSA) is 20.7 Å². The average Bonchev–Trinajstić information content (AvgIpc) is 3.72. The third-order valence-electron chi connectivity index (χ3n) is 10.7. The first-order valence-electron chi connectivity index (χ1n) is 17.3. The van der Waals surface area contributed by atoms with Crippen molar-refractivity contribution in [3.05, 3.63) is 176 Å². The number of hydrogen-bond acceptors (Lipinski definition) is 0. The molecule has 2 heteroatoms. The van der Waals surface area contributed by atoms with Gasteiger partial charge in [0.2, 0.25) is 0 Å². The number of nitrogens with one attached hydrogen (secondary N) is 1. The molecule has 11 rings (SSSR count). The smallest absolute Gasteiger partial charge is 0.0553 e. The summed E-state index contributed by atoms with van der Waals surface area (Å²) in [5.74, 6) is 0. The molecule has 1 N–H and O–H groups in total. The summed E-state index contributed by atoms with van der Waals surface area (Å²) in [6.07, 6.45) is 0. The Morgan fingerprint density at radius 3 is 1.74 bits per heavy atom. The summed E-state index contributed by atoms with van der Waals surface area (Å²) in [6, 6.07) is 64.5. The van der Waals surface area contributed by atoms with E-state index >= 15 is 0 Å². The van der Waals surface area contributed by atoms with Crippen LogP contribution in [0.5, 0.6) is 0 Å². The highest BCUT2D eigenvalue weighted by atomic mass is 15.0. The number of hydrogen-bond donors (Lipinski definition) is 1. The zero-order valence-corrected chi connectivity index (χ0v) is 27.2. The monoisotopic (exact) mass is 634 g/mol. The van der Waals surface area contributed by atoms with Crippen molar-refractivity contribution >= 4 is 75.9 Å². The number of para-hydroxylation sites is 2. The molecule has 0 spiro atoms. The number of H-pyrrole nitrogens is 1. The molecule has 11 aromatic rings. The van der Waals surface area contributed by atoms with E-state index in [-0.39, 0.29) is 0 Å². The predicted molar refractivity (Wildman–Crippen MR) is 214 cm³/mol. The molecule has 0 aliphatic carbocycles. The maximum atomic E-state index is 3.67. The molecule has 9 aromatic carbocycles. The Morgan fingerprint density at radius 2 is 0.940 bits per heavy atom. The molecule has 0 aliphatic rings. The second-order valence-electron chi connectivity index (χ2n) is 13.4. The van der Waals surface area contributed by atoms with Crippen molar-refractivity contribution in [1.29, 1.82) is 0 Å². The largest absolute Gasteiger partial charge is 0.354 e. The quantitative estimate of drug-likeness (QED) is 0.187. The zero-order chi connectivity index (χ0) is 32.8. The molecule has 0 aliphatic heterocycles. The van der Waals surface area contributed by atoms with Gasteiger partial charge < -0.3 is 9.55 Å². The number of rotatable bonds is 3. The van der Waals surface area contributed by atoms with Crippen LogP contribution >= 0.6 is 0 Å². The number of benzene rings is 9. The summed E-state index contributed by atoms with van der Waals surface area (Å²) in [5, 5.41) is 12.6. The van der Waals surface area contributed by atoms with Crippen LogP contribution in [0.2, 0.25) is 0 Å². The van der Waals surface area contributed by atoms with Gasteiger partial charge in [0.15, 0.2) is 0 Å². The Balaban J connectivity index is 1.24. The van der Waals surface area contributed by atoms with Gasteiger partial charge in [0.25, 0.3) is 0 Å². The molecule has 0 saturated heterocycles. The Kier molecular flexibility index (Phi) is 5.70. The molecule has 0 radical (unpaired) electrons. The van der Waals surface area contributed by atoms with Crippen LogP contribution < -0.4 is 0 Å². The summed E-state index contributed by atoms with van der Waals surface area (Å²) in [6.45, 7) is 0. The third kappa shape index (κ3) is 3.90. The highest BCUT2D eigenvalue weighted by Gasteiger charge is 2.20. The molecule has 0 saturated carbocycles. The summed E-state index contributed by atoms with van der Waals surface area (Å²) in [4.78, 5) is 3.67. The SMILES string of the molecule is c1ccc(-c2ccc(-n3c4ccccc4c4c5ccccc5c(-c5cc6cc7c(cc6c6ccccc56)[nH]c5ccccc57)cc43)cc2)cc1. The third-order valence-corrected chi connectivity index (χ3v) is 10.7. The van der Waals surface area contributed by atoms with Crippen molar-refractivity contribution in [3.63, 3.8) is 0 Å². The van der Waals surface area contributed by atoms with Gasteiger partial charge in [0, 0.05) is 38.3 Å². The molecule has 50 heavy (non-hydrogen) atoms. The highest BCUT2D eigenvalue weighted by Crippen LogP contribution is 2.45. The van der Waals surface area contributed by atoms with Crippen LogP contribution in [-0.2, 0) is 0 Å². The van der Waals surface area contributed by atoms with Crippen molar-refractivity contribution in [2.45, 2.75) is 0 Å². The first-order valence-corrected chi connectivity index (χ1v) is 17.3. The summed E-state index contributed by atoms with van der Waals surface area (Å²) in [5.41, 5.74) is 10.9. The maximum Gasteiger partial charge on any atom is 0.0553 e. The second kappa shape index (κ2) is 10.4. The van der Waals surface area contributed by atoms with Crippen LogP contribution in [-0.4, -0.2) is 9.55 Å². The normalized spacial score (nSPS) is 12.0. The van der Waals surface area contributed by atoms with Gasteiger partial charge in [-0.3, -0.25) is 0 Å². The Bertz CT molecular complexity index is 3120. The van der Waals surface area contributed by atoms with Gasteiger partial charge in [-0.15, -0.1) is 0 Å². The fourth-order valence-electron chi connectivity index (χ4n) is 8.44. The van der Waals surface area contributed by atoms with E-state index in [0.29, 0.717) is 0 Å².